The molecule has 1 heterocycles. The number of benzene rings is 2. The van der Waals surface area contributed by atoms with E-state index in [2.05, 4.69) is 9.71 Å². The molecule has 2 aromatic carbocycles. The molecule has 1 aromatic heterocycles. The molecule has 0 bridgehead atoms. The highest BCUT2D eigenvalue weighted by atomic mass is 32.2. The Labute approximate surface area is 191 Å². The summed E-state index contributed by atoms with van der Waals surface area (Å²) in [5.41, 5.74) is 1.09. The number of H-pyrrole nitrogens is 1. The molecular formula is C24H27FN2O5S. The Morgan fingerprint density at radius 2 is 2.00 bits per heavy atom. The monoisotopic (exact) mass is 474 g/mol. The van der Waals surface area contributed by atoms with Gasteiger partial charge in [-0.15, -0.1) is 0 Å². The van der Waals surface area contributed by atoms with Crippen LogP contribution >= 0.6 is 0 Å². The Morgan fingerprint density at radius 1 is 1.21 bits per heavy atom. The van der Waals surface area contributed by atoms with E-state index in [4.69, 9.17) is 4.74 Å². The zero-order chi connectivity index (χ0) is 23.6. The summed E-state index contributed by atoms with van der Waals surface area (Å²) in [4.78, 5) is 13.9. The van der Waals surface area contributed by atoms with Gasteiger partial charge in [0.25, 0.3) is 5.56 Å². The Bertz CT molecular complexity index is 1320. The van der Waals surface area contributed by atoms with Crippen molar-refractivity contribution in [3.05, 3.63) is 69.8 Å². The number of aromatic amines is 1. The van der Waals surface area contributed by atoms with Gasteiger partial charge in [-0.05, 0) is 73.2 Å². The number of ether oxygens (including phenoxy) is 1. The molecule has 0 unspecified atom stereocenters. The van der Waals surface area contributed by atoms with Gasteiger partial charge in [-0.2, -0.15) is 0 Å². The molecule has 0 saturated heterocycles. The first kappa shape index (κ1) is 23.3. The summed E-state index contributed by atoms with van der Waals surface area (Å²) in [5, 5.41) is 10.9. The number of aromatic nitrogens is 1. The minimum atomic E-state index is -3.57. The van der Waals surface area contributed by atoms with Gasteiger partial charge in [0.1, 0.15) is 0 Å². The zero-order valence-corrected chi connectivity index (χ0v) is 19.1. The van der Waals surface area contributed by atoms with Crippen LogP contribution in [0.25, 0.3) is 10.8 Å². The quantitative estimate of drug-likeness (QED) is 0.415. The van der Waals surface area contributed by atoms with E-state index in [0.717, 1.165) is 18.4 Å². The van der Waals surface area contributed by atoms with Gasteiger partial charge in [0, 0.05) is 17.5 Å². The first-order valence-electron chi connectivity index (χ1n) is 11.0. The highest BCUT2D eigenvalue weighted by molar-refractivity contribution is 7.89. The summed E-state index contributed by atoms with van der Waals surface area (Å²) in [7, 11) is -3.57. The molecule has 1 saturated carbocycles. The molecule has 3 aromatic rings. The fraction of sp³-hybridized carbons (Fsp3) is 0.375. The summed E-state index contributed by atoms with van der Waals surface area (Å²) < 4.78 is 47.4. The van der Waals surface area contributed by atoms with E-state index in [-0.39, 0.29) is 17.4 Å². The maximum absolute atomic E-state index is 14.0. The molecule has 0 spiro atoms. The van der Waals surface area contributed by atoms with Crippen LogP contribution in [0.15, 0.2) is 47.3 Å². The second-order valence-corrected chi connectivity index (χ2v) is 10.5. The smallest absolute Gasteiger partial charge is 0.251 e. The lowest BCUT2D eigenvalue weighted by atomic mass is 10.1. The third-order valence-corrected chi connectivity index (χ3v) is 7.30. The number of sulfonamides is 1. The third-order valence-electron chi connectivity index (χ3n) is 5.76. The number of halogens is 1. The molecule has 0 radical (unpaired) electrons. The van der Waals surface area contributed by atoms with Crippen molar-refractivity contribution in [3.8, 4) is 11.6 Å². The van der Waals surface area contributed by atoms with E-state index < -0.39 is 27.4 Å². The van der Waals surface area contributed by atoms with Crippen molar-refractivity contribution in [2.75, 3.05) is 12.4 Å². The van der Waals surface area contributed by atoms with E-state index in [1.165, 1.54) is 12.1 Å². The number of nitrogens with one attached hydrogen (secondary N) is 2. The van der Waals surface area contributed by atoms with E-state index >= 15 is 0 Å². The van der Waals surface area contributed by atoms with Crippen LogP contribution in [0.2, 0.25) is 0 Å². The second-order valence-electron chi connectivity index (χ2n) is 8.61. The number of hydrogen-bond acceptors (Lipinski definition) is 5. The predicted octanol–water partition coefficient (Wildman–Crippen LogP) is 3.77. The summed E-state index contributed by atoms with van der Waals surface area (Å²) in [5.74, 6) is -0.0983. The number of hydrogen-bond donors (Lipinski definition) is 3. The molecule has 1 aliphatic rings. The molecule has 1 aliphatic carbocycles. The van der Waals surface area contributed by atoms with Crippen LogP contribution < -0.4 is 15.0 Å². The average molecular weight is 475 g/mol. The van der Waals surface area contributed by atoms with Crippen LogP contribution in [-0.4, -0.2) is 30.9 Å². The van der Waals surface area contributed by atoms with E-state index in [0.29, 0.717) is 41.7 Å². The summed E-state index contributed by atoms with van der Waals surface area (Å²) in [6.45, 7) is 2.19. The Morgan fingerprint density at radius 3 is 2.76 bits per heavy atom. The van der Waals surface area contributed by atoms with Gasteiger partial charge >= 0.3 is 0 Å². The van der Waals surface area contributed by atoms with Gasteiger partial charge in [-0.25, -0.2) is 17.5 Å². The Hall–Kier alpha value is -2.91. The maximum Gasteiger partial charge on any atom is 0.251 e. The zero-order valence-electron chi connectivity index (χ0n) is 18.3. The Balaban J connectivity index is 1.34. The van der Waals surface area contributed by atoms with E-state index in [1.54, 1.807) is 37.3 Å². The van der Waals surface area contributed by atoms with Crippen LogP contribution in [0.5, 0.6) is 11.6 Å². The molecule has 1 atom stereocenters. The lowest BCUT2D eigenvalue weighted by Gasteiger charge is -2.16. The van der Waals surface area contributed by atoms with Crippen molar-refractivity contribution >= 4 is 20.8 Å². The van der Waals surface area contributed by atoms with E-state index in [1.807, 2.05) is 0 Å². The minimum absolute atomic E-state index is 0.0811. The fourth-order valence-electron chi connectivity index (χ4n) is 3.72. The first-order chi connectivity index (χ1) is 15.7. The van der Waals surface area contributed by atoms with Crippen molar-refractivity contribution in [2.24, 2.45) is 5.92 Å². The number of fused-ring (bicyclic) bond motifs is 1. The standard InChI is InChI=1S/C24H27FN2O5S/c1-15(18-7-9-21(25)22(12-18)32-14-17-4-5-17)27-33(30,31)10-2-3-16-6-8-20-19(11-16)13-23(28)26-24(20)29/h6-9,11-13,15,17,27H,2-5,10,14H2,1H3,(H2,26,28,29)/t15-/m1/s1. The molecular weight excluding hydrogens is 447 g/mol. The maximum atomic E-state index is 14.0. The summed E-state index contributed by atoms with van der Waals surface area (Å²) in [6, 6.07) is 10.5. The van der Waals surface area contributed by atoms with Crippen molar-refractivity contribution in [1.82, 2.24) is 9.71 Å². The van der Waals surface area contributed by atoms with Crippen LogP contribution in [0.4, 0.5) is 4.39 Å². The van der Waals surface area contributed by atoms with Crippen molar-refractivity contribution < 1.29 is 22.7 Å². The molecule has 33 heavy (non-hydrogen) atoms. The molecule has 3 N–H and O–H groups in total. The van der Waals surface area contributed by atoms with E-state index in [9.17, 15) is 22.7 Å². The lowest BCUT2D eigenvalue weighted by molar-refractivity contribution is 0.285. The third kappa shape index (κ3) is 6.11. The summed E-state index contributed by atoms with van der Waals surface area (Å²) >= 11 is 0. The molecule has 0 amide bonds. The van der Waals surface area contributed by atoms with Crippen LogP contribution in [-0.2, 0) is 16.4 Å². The van der Waals surface area contributed by atoms with Crippen LogP contribution in [0, 0.1) is 11.7 Å². The van der Waals surface area contributed by atoms with Gasteiger partial charge in [0.15, 0.2) is 17.4 Å². The number of pyridine rings is 1. The highest BCUT2D eigenvalue weighted by Gasteiger charge is 2.23. The predicted molar refractivity (Wildman–Crippen MR) is 125 cm³/mol. The topological polar surface area (TPSA) is 108 Å². The Kier molecular flexibility index (Phi) is 6.71. The van der Waals surface area contributed by atoms with Crippen LogP contribution in [0.3, 0.4) is 0 Å². The molecule has 9 heteroatoms. The number of rotatable bonds is 10. The largest absolute Gasteiger partial charge is 0.494 e. The van der Waals surface area contributed by atoms with Crippen molar-refractivity contribution in [1.29, 1.82) is 0 Å². The van der Waals surface area contributed by atoms with Gasteiger partial charge in [0.2, 0.25) is 10.0 Å². The van der Waals surface area contributed by atoms with Gasteiger partial charge in [0.05, 0.1) is 12.4 Å². The van der Waals surface area contributed by atoms with Gasteiger partial charge < -0.3 is 9.84 Å². The molecule has 0 aliphatic heterocycles. The summed E-state index contributed by atoms with van der Waals surface area (Å²) in [6.07, 6.45) is 3.06. The van der Waals surface area contributed by atoms with Crippen molar-refractivity contribution in [2.45, 2.75) is 38.6 Å². The minimum Gasteiger partial charge on any atom is -0.494 e. The molecule has 176 valence electrons. The normalized spacial score (nSPS) is 15.0. The second kappa shape index (κ2) is 9.52. The number of aryl methyl sites for hydroxylation is 1. The van der Waals surface area contributed by atoms with Gasteiger partial charge in [-0.1, -0.05) is 18.2 Å². The van der Waals surface area contributed by atoms with Crippen molar-refractivity contribution in [3.63, 3.8) is 0 Å². The van der Waals surface area contributed by atoms with Crippen LogP contribution in [0.1, 0.15) is 43.4 Å². The molecule has 1 fully saturated rings. The molecule has 4 rings (SSSR count). The highest BCUT2D eigenvalue weighted by Crippen LogP contribution is 2.31. The number of aromatic hydroxyl groups is 1. The fourth-order valence-corrected chi connectivity index (χ4v) is 5.04. The lowest BCUT2D eigenvalue weighted by Crippen LogP contribution is -2.29. The average Bonchev–Trinajstić information content (AvgIpc) is 3.56. The first-order valence-corrected chi connectivity index (χ1v) is 12.6. The SMILES string of the molecule is C[C@@H](NS(=O)(=O)CCCc1ccc2c(O)[nH]c(=O)cc2c1)c1ccc(F)c(OCC2CC2)c1. The molecule has 7 nitrogen and oxygen atoms in total. The van der Waals surface area contributed by atoms with Gasteiger partial charge in [-0.3, -0.25) is 9.78 Å².